The molecule has 1 fully saturated rings. The standard InChI is InChI=1S/C23H23N5O5S2/c29-20(24-13-17-2-1-11-31-17)14-34-23-26-25-22(35-23)28-9-7-27(8-10-28)21(30)6-4-16-3-5-18-19(12-16)33-15-32-18/h1-6,11-12H,7-10,13-15H2,(H,24,29)/b6-4+. The SMILES string of the molecule is O=C(CSc1nnc(N2CCN(C(=O)/C=C/c3ccc4c(c3)OCO4)CC2)s1)NCc1ccco1. The number of thioether (sulfide) groups is 1. The van der Waals surface area contributed by atoms with E-state index in [9.17, 15) is 9.59 Å². The molecule has 2 aromatic heterocycles. The molecule has 0 atom stereocenters. The van der Waals surface area contributed by atoms with Crippen molar-refractivity contribution >= 4 is 46.1 Å². The van der Waals surface area contributed by atoms with Gasteiger partial charge in [0.05, 0.1) is 18.6 Å². The molecule has 0 spiro atoms. The van der Waals surface area contributed by atoms with Crippen LogP contribution in [0.5, 0.6) is 11.5 Å². The lowest BCUT2D eigenvalue weighted by atomic mass is 10.2. The van der Waals surface area contributed by atoms with E-state index in [0.717, 1.165) is 20.8 Å². The second-order valence-electron chi connectivity index (χ2n) is 7.75. The molecule has 35 heavy (non-hydrogen) atoms. The molecule has 12 heteroatoms. The van der Waals surface area contributed by atoms with Gasteiger partial charge in [0.25, 0.3) is 0 Å². The van der Waals surface area contributed by atoms with Crippen molar-refractivity contribution in [1.29, 1.82) is 0 Å². The fourth-order valence-electron chi connectivity index (χ4n) is 3.57. The van der Waals surface area contributed by atoms with Gasteiger partial charge >= 0.3 is 0 Å². The summed E-state index contributed by atoms with van der Waals surface area (Å²) in [6, 6.07) is 9.19. The number of ether oxygens (including phenoxy) is 2. The van der Waals surface area contributed by atoms with Crippen LogP contribution in [0.2, 0.25) is 0 Å². The van der Waals surface area contributed by atoms with Gasteiger partial charge in [-0.1, -0.05) is 29.2 Å². The molecule has 2 amide bonds. The molecule has 1 aromatic carbocycles. The Morgan fingerprint density at radius 3 is 2.80 bits per heavy atom. The van der Waals surface area contributed by atoms with E-state index in [4.69, 9.17) is 13.9 Å². The summed E-state index contributed by atoms with van der Waals surface area (Å²) in [7, 11) is 0. The highest BCUT2D eigenvalue weighted by Crippen LogP contribution is 2.33. The van der Waals surface area contributed by atoms with Gasteiger partial charge in [0.15, 0.2) is 15.8 Å². The molecule has 0 aliphatic carbocycles. The summed E-state index contributed by atoms with van der Waals surface area (Å²) in [6.45, 7) is 3.13. The fraction of sp³-hybridized carbons (Fsp3) is 0.304. The molecule has 1 saturated heterocycles. The van der Waals surface area contributed by atoms with Crippen LogP contribution >= 0.6 is 23.1 Å². The normalized spacial score (nSPS) is 15.1. The number of fused-ring (bicyclic) bond motifs is 1. The van der Waals surface area contributed by atoms with Crippen molar-refractivity contribution in [1.82, 2.24) is 20.4 Å². The third-order valence-corrected chi connectivity index (χ3v) is 7.56. The van der Waals surface area contributed by atoms with E-state index in [1.807, 2.05) is 29.2 Å². The highest BCUT2D eigenvalue weighted by atomic mass is 32.2. The molecule has 4 heterocycles. The van der Waals surface area contributed by atoms with Crippen LogP contribution in [0.4, 0.5) is 5.13 Å². The maximum atomic E-state index is 12.6. The third kappa shape index (κ3) is 5.95. The Hall–Kier alpha value is -3.51. The number of carbonyl (C=O) groups excluding carboxylic acids is 2. The van der Waals surface area contributed by atoms with Crippen LogP contribution in [-0.4, -0.2) is 65.6 Å². The third-order valence-electron chi connectivity index (χ3n) is 5.44. The molecular formula is C23H23N5O5S2. The average molecular weight is 514 g/mol. The molecule has 0 bridgehead atoms. The van der Waals surface area contributed by atoms with E-state index in [-0.39, 0.29) is 24.4 Å². The average Bonchev–Trinajstić information content (AvgIpc) is 3.66. The molecule has 1 N–H and O–H groups in total. The molecule has 3 aromatic rings. The molecule has 0 radical (unpaired) electrons. The summed E-state index contributed by atoms with van der Waals surface area (Å²) >= 11 is 2.81. The first-order valence-corrected chi connectivity index (χ1v) is 12.8. The second-order valence-corrected chi connectivity index (χ2v) is 9.93. The predicted molar refractivity (Wildman–Crippen MR) is 132 cm³/mol. The number of benzene rings is 1. The first-order chi connectivity index (χ1) is 17.1. The minimum Gasteiger partial charge on any atom is -0.467 e. The van der Waals surface area contributed by atoms with Crippen molar-refractivity contribution in [3.8, 4) is 11.5 Å². The van der Waals surface area contributed by atoms with Gasteiger partial charge in [-0.25, -0.2) is 0 Å². The number of nitrogens with one attached hydrogen (secondary N) is 1. The number of nitrogens with zero attached hydrogens (tertiary/aromatic N) is 4. The van der Waals surface area contributed by atoms with Crippen molar-refractivity contribution in [2.75, 3.05) is 43.6 Å². The smallest absolute Gasteiger partial charge is 0.246 e. The lowest BCUT2D eigenvalue weighted by molar-refractivity contribution is -0.126. The van der Waals surface area contributed by atoms with Crippen LogP contribution in [0, 0.1) is 0 Å². The number of carbonyl (C=O) groups is 2. The lowest BCUT2D eigenvalue weighted by Crippen LogP contribution is -2.48. The number of hydrogen-bond acceptors (Lipinski definition) is 10. The van der Waals surface area contributed by atoms with E-state index in [1.54, 1.807) is 24.5 Å². The highest BCUT2D eigenvalue weighted by Gasteiger charge is 2.22. The molecule has 182 valence electrons. The van der Waals surface area contributed by atoms with Gasteiger partial charge < -0.3 is 29.0 Å². The lowest BCUT2D eigenvalue weighted by Gasteiger charge is -2.33. The molecule has 0 unspecified atom stereocenters. The van der Waals surface area contributed by atoms with E-state index < -0.39 is 0 Å². The Kier molecular flexibility index (Phi) is 7.19. The molecule has 2 aliphatic rings. The molecular weight excluding hydrogens is 490 g/mol. The van der Waals surface area contributed by atoms with Crippen LogP contribution in [0.1, 0.15) is 11.3 Å². The number of rotatable bonds is 8. The number of aromatic nitrogens is 2. The van der Waals surface area contributed by atoms with Gasteiger partial charge in [0, 0.05) is 32.3 Å². The zero-order valence-electron chi connectivity index (χ0n) is 18.7. The maximum Gasteiger partial charge on any atom is 0.246 e. The van der Waals surface area contributed by atoms with Crippen molar-refractivity contribution in [3.63, 3.8) is 0 Å². The highest BCUT2D eigenvalue weighted by molar-refractivity contribution is 8.01. The number of amides is 2. The zero-order chi connectivity index (χ0) is 24.0. The molecule has 2 aliphatic heterocycles. The minimum absolute atomic E-state index is 0.0311. The number of piperazine rings is 1. The summed E-state index contributed by atoms with van der Waals surface area (Å²) in [5.41, 5.74) is 0.884. The summed E-state index contributed by atoms with van der Waals surface area (Å²) in [5, 5.41) is 12.1. The largest absolute Gasteiger partial charge is 0.467 e. The fourth-order valence-corrected chi connectivity index (χ4v) is 5.30. The van der Waals surface area contributed by atoms with E-state index in [1.165, 1.54) is 23.1 Å². The summed E-state index contributed by atoms with van der Waals surface area (Å²) in [6.07, 6.45) is 4.95. The molecule has 0 saturated carbocycles. The molecule has 10 nitrogen and oxygen atoms in total. The number of furan rings is 1. The van der Waals surface area contributed by atoms with Gasteiger partial charge in [0.2, 0.25) is 23.7 Å². The monoisotopic (exact) mass is 513 g/mol. The summed E-state index contributed by atoms with van der Waals surface area (Å²) < 4.78 is 16.6. The Morgan fingerprint density at radius 1 is 1.11 bits per heavy atom. The maximum absolute atomic E-state index is 12.6. The van der Waals surface area contributed by atoms with Crippen LogP contribution in [0.3, 0.4) is 0 Å². The van der Waals surface area contributed by atoms with E-state index in [2.05, 4.69) is 20.4 Å². The Labute approximate surface area is 209 Å². The quantitative estimate of drug-likeness (QED) is 0.359. The number of hydrogen-bond donors (Lipinski definition) is 1. The first-order valence-electron chi connectivity index (χ1n) is 11.0. The zero-order valence-corrected chi connectivity index (χ0v) is 20.3. The molecule has 5 rings (SSSR count). The van der Waals surface area contributed by atoms with Gasteiger partial charge in [-0.05, 0) is 35.9 Å². The summed E-state index contributed by atoms with van der Waals surface area (Å²) in [4.78, 5) is 28.6. The van der Waals surface area contributed by atoms with Gasteiger partial charge in [-0.3, -0.25) is 9.59 Å². The van der Waals surface area contributed by atoms with Crippen molar-refractivity contribution in [2.45, 2.75) is 10.9 Å². The Morgan fingerprint density at radius 2 is 1.97 bits per heavy atom. The number of anilines is 1. The summed E-state index contributed by atoms with van der Waals surface area (Å²) in [5.74, 6) is 2.25. The second kappa shape index (κ2) is 10.8. The Bertz CT molecular complexity index is 1200. The van der Waals surface area contributed by atoms with Crippen LogP contribution in [-0.2, 0) is 16.1 Å². The predicted octanol–water partition coefficient (Wildman–Crippen LogP) is 2.63. The minimum atomic E-state index is -0.0934. The van der Waals surface area contributed by atoms with Gasteiger partial charge in [-0.15, -0.1) is 10.2 Å². The van der Waals surface area contributed by atoms with Crippen molar-refractivity contribution in [3.05, 3.63) is 54.0 Å². The first kappa shape index (κ1) is 23.2. The van der Waals surface area contributed by atoms with Crippen molar-refractivity contribution < 1.29 is 23.5 Å². The van der Waals surface area contributed by atoms with Gasteiger partial charge in [-0.2, -0.15) is 0 Å². The van der Waals surface area contributed by atoms with Crippen LogP contribution < -0.4 is 19.7 Å². The van der Waals surface area contributed by atoms with Crippen molar-refractivity contribution in [2.24, 2.45) is 0 Å². The Balaban J connectivity index is 1.06. The van der Waals surface area contributed by atoms with Gasteiger partial charge in [0.1, 0.15) is 5.76 Å². The van der Waals surface area contributed by atoms with Crippen LogP contribution in [0.25, 0.3) is 6.08 Å². The van der Waals surface area contributed by atoms with Crippen LogP contribution in [0.15, 0.2) is 51.4 Å². The van der Waals surface area contributed by atoms with E-state index >= 15 is 0 Å². The van der Waals surface area contributed by atoms with E-state index in [0.29, 0.717) is 44.2 Å². The topological polar surface area (TPSA) is 110 Å².